The van der Waals surface area contributed by atoms with Gasteiger partial charge in [0.05, 0.1) is 34.4 Å². The normalized spacial score (nSPS) is 14.4. The van der Waals surface area contributed by atoms with Crippen molar-refractivity contribution in [2.45, 2.75) is 129 Å². The van der Waals surface area contributed by atoms with Gasteiger partial charge in [0.1, 0.15) is 19.3 Å². The number of carbonyl (C=O) groups excluding carboxylic acids is 1. The molecule has 0 aromatic heterocycles. The molecule has 0 amide bonds. The van der Waals surface area contributed by atoms with Crippen molar-refractivity contribution in [1.82, 2.24) is 0 Å². The fourth-order valence-corrected chi connectivity index (χ4v) is 4.73. The first-order valence-electron chi connectivity index (χ1n) is 14.8. The molecule has 0 fully saturated rings. The summed E-state index contributed by atoms with van der Waals surface area (Å²) in [5.41, 5.74) is 0. The van der Waals surface area contributed by atoms with E-state index in [-0.39, 0.29) is 13.0 Å². The van der Waals surface area contributed by atoms with Crippen LogP contribution in [0.25, 0.3) is 0 Å². The molecule has 37 heavy (non-hydrogen) atoms. The van der Waals surface area contributed by atoms with Gasteiger partial charge in [-0.05, 0) is 6.42 Å². The highest BCUT2D eigenvalue weighted by Crippen LogP contribution is 2.38. The molecule has 0 spiro atoms. The number of aliphatic hydroxyl groups is 1. The van der Waals surface area contributed by atoms with Crippen molar-refractivity contribution in [3.63, 3.8) is 0 Å². The van der Waals surface area contributed by atoms with Crippen molar-refractivity contribution in [2.75, 3.05) is 47.5 Å². The highest BCUT2D eigenvalue weighted by Gasteiger charge is 2.19. The number of phosphoric ester groups is 1. The molecular weight excluding hydrogens is 493 g/mol. The highest BCUT2D eigenvalue weighted by atomic mass is 31.2. The number of aliphatic hydroxyl groups excluding tert-OH is 1. The molecule has 0 rings (SSSR count). The molecule has 0 bridgehead atoms. The Bertz CT molecular complexity index is 583. The van der Waals surface area contributed by atoms with E-state index in [0.717, 1.165) is 19.3 Å². The highest BCUT2D eigenvalue weighted by molar-refractivity contribution is 7.45. The number of carbonyl (C=O) groups is 1. The Morgan fingerprint density at radius 2 is 1.22 bits per heavy atom. The van der Waals surface area contributed by atoms with Crippen molar-refractivity contribution in [1.29, 1.82) is 0 Å². The summed E-state index contributed by atoms with van der Waals surface area (Å²) < 4.78 is 27.1. The minimum atomic E-state index is -4.51. The number of hydrogen-bond donors (Lipinski definition) is 1. The van der Waals surface area contributed by atoms with Crippen LogP contribution in [0.4, 0.5) is 0 Å². The number of ether oxygens (including phenoxy) is 1. The molecule has 0 saturated carbocycles. The predicted octanol–water partition coefficient (Wildman–Crippen LogP) is 6.14. The van der Waals surface area contributed by atoms with Gasteiger partial charge < -0.3 is 28.3 Å². The topological polar surface area (TPSA) is 105 Å². The summed E-state index contributed by atoms with van der Waals surface area (Å²) in [7, 11) is 1.25. The second-order valence-electron chi connectivity index (χ2n) is 11.3. The Morgan fingerprint density at radius 1 is 0.784 bits per heavy atom. The number of nitrogens with zero attached hydrogens (tertiary/aromatic N) is 1. The lowest BCUT2D eigenvalue weighted by atomic mass is 10.0. The zero-order valence-corrected chi connectivity index (χ0v) is 25.3. The zero-order valence-electron chi connectivity index (χ0n) is 24.4. The van der Waals surface area contributed by atoms with Gasteiger partial charge >= 0.3 is 5.97 Å². The molecule has 0 saturated heterocycles. The van der Waals surface area contributed by atoms with Gasteiger partial charge in [-0.15, -0.1) is 0 Å². The predicted molar refractivity (Wildman–Crippen MR) is 148 cm³/mol. The van der Waals surface area contributed by atoms with Crippen LogP contribution in [0, 0.1) is 0 Å². The second-order valence-corrected chi connectivity index (χ2v) is 12.7. The van der Waals surface area contributed by atoms with E-state index in [1.807, 2.05) is 21.1 Å². The lowest BCUT2D eigenvalue weighted by Gasteiger charge is -2.28. The van der Waals surface area contributed by atoms with Crippen LogP contribution in [-0.2, 0) is 23.1 Å². The van der Waals surface area contributed by atoms with E-state index in [2.05, 4.69) is 6.92 Å². The van der Waals surface area contributed by atoms with Crippen LogP contribution in [-0.4, -0.2) is 69.2 Å². The molecule has 0 aliphatic carbocycles. The molecule has 8 nitrogen and oxygen atoms in total. The van der Waals surface area contributed by atoms with Crippen molar-refractivity contribution < 1.29 is 37.6 Å². The zero-order chi connectivity index (χ0) is 27.8. The quantitative estimate of drug-likeness (QED) is 0.0566. The molecule has 0 aromatic rings. The van der Waals surface area contributed by atoms with Crippen LogP contribution in [0.1, 0.15) is 122 Å². The van der Waals surface area contributed by atoms with Crippen LogP contribution in [0.2, 0.25) is 0 Å². The minimum absolute atomic E-state index is 0.00678. The van der Waals surface area contributed by atoms with Gasteiger partial charge in [-0.1, -0.05) is 110 Å². The van der Waals surface area contributed by atoms with E-state index in [9.17, 15) is 19.4 Å². The van der Waals surface area contributed by atoms with E-state index < -0.39 is 33.1 Å². The Labute approximate surface area is 227 Å². The van der Waals surface area contributed by atoms with Crippen LogP contribution in [0.15, 0.2) is 0 Å². The summed E-state index contributed by atoms with van der Waals surface area (Å²) in [6.45, 7) is 1.79. The Morgan fingerprint density at radius 3 is 1.62 bits per heavy atom. The summed E-state index contributed by atoms with van der Waals surface area (Å²) >= 11 is 0. The number of phosphoric acid groups is 1. The standard InChI is InChI=1S/C28H58NO7P/c1-5-6-7-8-9-10-11-12-13-14-15-16-17-18-19-20-21-22-28(31)36-27(25-30)26-35-37(32,33)34-24-23-29(2,3)4/h27,30H,5-26H2,1-4H3/t27-/m1/s1. The molecule has 0 aliphatic rings. The summed E-state index contributed by atoms with van der Waals surface area (Å²) in [5.74, 6) is -0.449. The Hall–Kier alpha value is -0.500. The average Bonchev–Trinajstić information content (AvgIpc) is 2.82. The number of esters is 1. The molecule has 1 unspecified atom stereocenters. The number of hydrogen-bond acceptors (Lipinski definition) is 7. The molecule has 9 heteroatoms. The third kappa shape index (κ3) is 26.9. The van der Waals surface area contributed by atoms with Gasteiger partial charge in [-0.2, -0.15) is 0 Å². The largest absolute Gasteiger partial charge is 0.756 e. The molecule has 0 aromatic carbocycles. The summed E-state index contributed by atoms with van der Waals surface area (Å²) in [4.78, 5) is 23.8. The van der Waals surface area contributed by atoms with E-state index in [0.29, 0.717) is 11.0 Å². The molecular formula is C28H58NO7P. The average molecular weight is 552 g/mol. The second kappa shape index (κ2) is 23.4. The van der Waals surface area contributed by atoms with Crippen molar-refractivity contribution >= 4 is 13.8 Å². The third-order valence-corrected chi connectivity index (χ3v) is 7.38. The lowest BCUT2D eigenvalue weighted by molar-refractivity contribution is -0.870. The van der Waals surface area contributed by atoms with Gasteiger partial charge in [0.2, 0.25) is 0 Å². The molecule has 0 heterocycles. The van der Waals surface area contributed by atoms with Crippen LogP contribution in [0.3, 0.4) is 0 Å². The monoisotopic (exact) mass is 551 g/mol. The first-order chi connectivity index (χ1) is 17.6. The summed E-state index contributed by atoms with van der Waals surface area (Å²) in [6, 6.07) is 0. The Kier molecular flexibility index (Phi) is 23.1. The Balaban J connectivity index is 3.62. The summed E-state index contributed by atoms with van der Waals surface area (Å²) in [6.07, 6.45) is 20.9. The third-order valence-electron chi connectivity index (χ3n) is 6.42. The van der Waals surface area contributed by atoms with E-state index in [4.69, 9.17) is 13.8 Å². The fourth-order valence-electron chi connectivity index (χ4n) is 4.00. The number of likely N-dealkylation sites (N-methyl/N-ethyl adjacent to an activating group) is 1. The molecule has 1 N–H and O–H groups in total. The summed E-state index contributed by atoms with van der Waals surface area (Å²) in [5, 5.41) is 9.38. The minimum Gasteiger partial charge on any atom is -0.756 e. The number of unbranched alkanes of at least 4 members (excludes halogenated alkanes) is 16. The molecule has 222 valence electrons. The fraction of sp³-hybridized carbons (Fsp3) is 0.964. The first kappa shape index (κ1) is 36.5. The molecule has 2 atom stereocenters. The van der Waals surface area contributed by atoms with Gasteiger partial charge in [0.25, 0.3) is 7.82 Å². The maximum absolute atomic E-state index is 12.0. The maximum Gasteiger partial charge on any atom is 0.306 e. The first-order valence-corrected chi connectivity index (χ1v) is 16.3. The van der Waals surface area contributed by atoms with Crippen molar-refractivity contribution in [3.8, 4) is 0 Å². The van der Waals surface area contributed by atoms with Crippen molar-refractivity contribution in [3.05, 3.63) is 0 Å². The van der Waals surface area contributed by atoms with E-state index in [1.165, 1.54) is 89.9 Å². The van der Waals surface area contributed by atoms with Crippen molar-refractivity contribution in [2.24, 2.45) is 0 Å². The number of rotatable bonds is 27. The maximum atomic E-state index is 12.0. The van der Waals surface area contributed by atoms with Gasteiger partial charge in [0, 0.05) is 6.42 Å². The van der Waals surface area contributed by atoms with Crippen LogP contribution in [0.5, 0.6) is 0 Å². The number of quaternary nitrogens is 1. The molecule has 0 radical (unpaired) electrons. The van der Waals surface area contributed by atoms with E-state index in [1.54, 1.807) is 0 Å². The van der Waals surface area contributed by atoms with Crippen LogP contribution >= 0.6 is 7.82 Å². The SMILES string of the molecule is CCCCCCCCCCCCCCCCCCCC(=O)O[C@H](CO)COP(=O)([O-])OCC[N+](C)(C)C. The van der Waals surface area contributed by atoms with Gasteiger partial charge in [-0.3, -0.25) is 9.36 Å². The lowest BCUT2D eigenvalue weighted by Crippen LogP contribution is -2.37. The van der Waals surface area contributed by atoms with Gasteiger partial charge in [0.15, 0.2) is 0 Å². The smallest absolute Gasteiger partial charge is 0.306 e. The molecule has 0 aliphatic heterocycles. The van der Waals surface area contributed by atoms with Gasteiger partial charge in [-0.25, -0.2) is 0 Å². The van der Waals surface area contributed by atoms with E-state index >= 15 is 0 Å². The van der Waals surface area contributed by atoms with Crippen LogP contribution < -0.4 is 4.89 Å².